The lowest BCUT2D eigenvalue weighted by Crippen LogP contribution is -2.36. The molecule has 0 spiro atoms. The molecule has 1 atom stereocenters. The third-order valence-electron chi connectivity index (χ3n) is 2.99. The van der Waals surface area contributed by atoms with Gasteiger partial charge in [0.25, 0.3) is 0 Å². The normalized spacial score (nSPS) is 11.7. The summed E-state index contributed by atoms with van der Waals surface area (Å²) in [6, 6.07) is 17.6. The molecule has 2 amide bonds. The lowest BCUT2D eigenvalue weighted by Gasteiger charge is -2.15. The van der Waals surface area contributed by atoms with Crippen LogP contribution in [-0.2, 0) is 6.54 Å². The Kier molecular flexibility index (Phi) is 5.18. The molecule has 0 saturated carbocycles. The van der Waals surface area contributed by atoms with Crippen molar-refractivity contribution in [3.05, 3.63) is 70.2 Å². The topological polar surface area (TPSA) is 41.1 Å². The Morgan fingerprint density at radius 2 is 1.90 bits per heavy atom. The molecule has 0 heterocycles. The molecule has 0 saturated heterocycles. The maximum absolute atomic E-state index is 11.9. The van der Waals surface area contributed by atoms with Crippen molar-refractivity contribution in [2.45, 2.75) is 19.5 Å². The van der Waals surface area contributed by atoms with E-state index in [-0.39, 0.29) is 12.1 Å². The third-order valence-corrected chi connectivity index (χ3v) is 3.48. The van der Waals surface area contributed by atoms with Crippen molar-refractivity contribution in [2.24, 2.45) is 0 Å². The molecule has 0 aliphatic carbocycles. The van der Waals surface area contributed by atoms with Gasteiger partial charge in [-0.05, 0) is 30.2 Å². The molecule has 20 heavy (non-hydrogen) atoms. The van der Waals surface area contributed by atoms with Gasteiger partial charge in [-0.3, -0.25) is 0 Å². The molecule has 0 aliphatic rings. The van der Waals surface area contributed by atoms with E-state index in [4.69, 9.17) is 0 Å². The number of carbonyl (C=O) groups excluding carboxylic acids is 1. The minimum atomic E-state index is -0.165. The van der Waals surface area contributed by atoms with E-state index in [9.17, 15) is 4.79 Å². The predicted molar refractivity (Wildman–Crippen MR) is 84.4 cm³/mol. The van der Waals surface area contributed by atoms with E-state index < -0.39 is 0 Å². The Morgan fingerprint density at radius 1 is 1.15 bits per heavy atom. The van der Waals surface area contributed by atoms with Crippen LogP contribution >= 0.6 is 15.9 Å². The summed E-state index contributed by atoms with van der Waals surface area (Å²) in [6.45, 7) is 2.47. The van der Waals surface area contributed by atoms with Gasteiger partial charge in [-0.25, -0.2) is 4.79 Å². The summed E-state index contributed by atoms with van der Waals surface area (Å²) in [5, 5.41) is 5.78. The van der Waals surface area contributed by atoms with Gasteiger partial charge in [0, 0.05) is 11.0 Å². The lowest BCUT2D eigenvalue weighted by atomic mass is 10.1. The fourth-order valence-corrected chi connectivity index (χ4v) is 2.35. The summed E-state index contributed by atoms with van der Waals surface area (Å²) in [7, 11) is 0. The van der Waals surface area contributed by atoms with Gasteiger partial charge in [0.05, 0.1) is 6.04 Å². The van der Waals surface area contributed by atoms with Crippen molar-refractivity contribution in [3.63, 3.8) is 0 Å². The number of nitrogens with one attached hydrogen (secondary N) is 2. The second-order valence-electron chi connectivity index (χ2n) is 4.59. The van der Waals surface area contributed by atoms with Crippen LogP contribution in [0.3, 0.4) is 0 Å². The summed E-state index contributed by atoms with van der Waals surface area (Å²) in [6.07, 6.45) is 0. The average Bonchev–Trinajstić information content (AvgIpc) is 2.46. The molecule has 2 aromatic rings. The van der Waals surface area contributed by atoms with Crippen molar-refractivity contribution in [3.8, 4) is 0 Å². The number of hydrogen-bond donors (Lipinski definition) is 2. The van der Waals surface area contributed by atoms with Crippen LogP contribution in [0.2, 0.25) is 0 Å². The number of halogens is 1. The van der Waals surface area contributed by atoms with Gasteiger partial charge in [0.1, 0.15) is 0 Å². The summed E-state index contributed by atoms with van der Waals surface area (Å²) in [5.41, 5.74) is 2.15. The summed E-state index contributed by atoms with van der Waals surface area (Å²) in [5.74, 6) is 0. The zero-order valence-corrected chi connectivity index (χ0v) is 12.9. The van der Waals surface area contributed by atoms with Gasteiger partial charge in [-0.1, -0.05) is 58.4 Å². The minimum Gasteiger partial charge on any atom is -0.334 e. The molecule has 2 aromatic carbocycles. The second-order valence-corrected chi connectivity index (χ2v) is 5.50. The van der Waals surface area contributed by atoms with Crippen LogP contribution in [0.1, 0.15) is 24.1 Å². The summed E-state index contributed by atoms with van der Waals surface area (Å²) >= 11 is 3.41. The van der Waals surface area contributed by atoms with E-state index in [0.717, 1.165) is 15.6 Å². The molecule has 0 bridgehead atoms. The molecule has 1 unspecified atom stereocenters. The molecule has 2 rings (SSSR count). The first-order chi connectivity index (χ1) is 9.65. The molecular formula is C16H17BrN2O. The number of urea groups is 1. The molecule has 3 nitrogen and oxygen atoms in total. The van der Waals surface area contributed by atoms with E-state index in [1.807, 2.05) is 61.5 Å². The Bertz CT molecular complexity index is 572. The third kappa shape index (κ3) is 4.38. The van der Waals surface area contributed by atoms with E-state index in [0.29, 0.717) is 6.54 Å². The van der Waals surface area contributed by atoms with Crippen LogP contribution in [0.4, 0.5) is 4.79 Å². The van der Waals surface area contributed by atoms with Gasteiger partial charge in [0.15, 0.2) is 0 Å². The lowest BCUT2D eigenvalue weighted by molar-refractivity contribution is 0.237. The van der Waals surface area contributed by atoms with Gasteiger partial charge in [-0.15, -0.1) is 0 Å². The number of carbonyl (C=O) groups is 1. The highest BCUT2D eigenvalue weighted by atomic mass is 79.9. The fraction of sp³-hybridized carbons (Fsp3) is 0.188. The number of benzene rings is 2. The first kappa shape index (κ1) is 14.6. The van der Waals surface area contributed by atoms with Crippen LogP contribution in [-0.4, -0.2) is 6.03 Å². The molecule has 0 aliphatic heterocycles. The van der Waals surface area contributed by atoms with Crippen molar-refractivity contribution >= 4 is 22.0 Å². The van der Waals surface area contributed by atoms with Crippen LogP contribution in [0.5, 0.6) is 0 Å². The van der Waals surface area contributed by atoms with Gasteiger partial charge < -0.3 is 10.6 Å². The molecule has 0 radical (unpaired) electrons. The van der Waals surface area contributed by atoms with E-state index in [2.05, 4.69) is 26.6 Å². The molecule has 4 heteroatoms. The second kappa shape index (κ2) is 7.10. The minimum absolute atomic E-state index is 0.0151. The zero-order valence-electron chi connectivity index (χ0n) is 11.3. The summed E-state index contributed by atoms with van der Waals surface area (Å²) in [4.78, 5) is 11.9. The van der Waals surface area contributed by atoms with Crippen molar-refractivity contribution in [2.75, 3.05) is 0 Å². The van der Waals surface area contributed by atoms with Gasteiger partial charge >= 0.3 is 6.03 Å². The van der Waals surface area contributed by atoms with Gasteiger partial charge in [-0.2, -0.15) is 0 Å². The van der Waals surface area contributed by atoms with Crippen LogP contribution in [0.15, 0.2) is 59.1 Å². The quantitative estimate of drug-likeness (QED) is 0.872. The highest BCUT2D eigenvalue weighted by Gasteiger charge is 2.08. The van der Waals surface area contributed by atoms with Crippen LogP contribution < -0.4 is 10.6 Å². The maximum atomic E-state index is 11.9. The predicted octanol–water partition coefficient (Wildman–Crippen LogP) is 4.01. The fourth-order valence-electron chi connectivity index (χ4n) is 1.90. The van der Waals surface area contributed by atoms with Gasteiger partial charge in [0.2, 0.25) is 0 Å². The number of rotatable bonds is 4. The zero-order chi connectivity index (χ0) is 14.4. The number of amides is 2. The molecule has 0 aromatic heterocycles. The molecule has 104 valence electrons. The smallest absolute Gasteiger partial charge is 0.315 e. The molecule has 2 N–H and O–H groups in total. The average molecular weight is 333 g/mol. The first-order valence-electron chi connectivity index (χ1n) is 6.49. The van der Waals surface area contributed by atoms with Crippen molar-refractivity contribution in [1.29, 1.82) is 0 Å². The number of hydrogen-bond acceptors (Lipinski definition) is 1. The highest BCUT2D eigenvalue weighted by Crippen LogP contribution is 2.12. The maximum Gasteiger partial charge on any atom is 0.315 e. The molecule has 0 fully saturated rings. The van der Waals surface area contributed by atoms with Crippen LogP contribution in [0.25, 0.3) is 0 Å². The first-order valence-corrected chi connectivity index (χ1v) is 7.28. The van der Waals surface area contributed by atoms with E-state index in [1.165, 1.54) is 0 Å². The monoisotopic (exact) mass is 332 g/mol. The Labute approximate surface area is 127 Å². The largest absolute Gasteiger partial charge is 0.334 e. The Morgan fingerprint density at radius 3 is 2.60 bits per heavy atom. The molecular weight excluding hydrogens is 316 g/mol. The SMILES string of the molecule is CC(NC(=O)NCc1cccc(Br)c1)c1ccccc1. The van der Waals surface area contributed by atoms with E-state index in [1.54, 1.807) is 0 Å². The van der Waals surface area contributed by atoms with Crippen molar-refractivity contribution in [1.82, 2.24) is 10.6 Å². The standard InChI is InChI=1S/C16H17BrN2O/c1-12(14-7-3-2-4-8-14)19-16(20)18-11-13-6-5-9-15(17)10-13/h2-10,12H,11H2,1H3,(H2,18,19,20). The summed E-state index contributed by atoms with van der Waals surface area (Å²) < 4.78 is 1.01. The van der Waals surface area contributed by atoms with E-state index >= 15 is 0 Å². The Balaban J connectivity index is 1.84. The van der Waals surface area contributed by atoms with Crippen molar-refractivity contribution < 1.29 is 4.79 Å². The highest BCUT2D eigenvalue weighted by molar-refractivity contribution is 9.10. The van der Waals surface area contributed by atoms with Crippen LogP contribution in [0, 0.1) is 0 Å². The Hall–Kier alpha value is -1.81.